The summed E-state index contributed by atoms with van der Waals surface area (Å²) in [5.41, 5.74) is 0.657. The van der Waals surface area contributed by atoms with Crippen LogP contribution in [-0.2, 0) is 4.79 Å². The molecule has 1 unspecified atom stereocenters. The number of carbonyl (C=O) groups excluding carboxylic acids is 2. The summed E-state index contributed by atoms with van der Waals surface area (Å²) in [5, 5.41) is 24.1. The number of carboxylic acids is 2. The number of amides is 2. The highest BCUT2D eigenvalue weighted by Crippen LogP contribution is 2.37. The van der Waals surface area contributed by atoms with E-state index in [1.165, 1.54) is 11.8 Å². The van der Waals surface area contributed by atoms with Gasteiger partial charge in [0.2, 0.25) is 5.91 Å². The molecular formula is C29H20Cl2N2O6S. The fraction of sp³-hybridized carbons (Fsp3) is 0.0345. The van der Waals surface area contributed by atoms with Gasteiger partial charge in [-0.1, -0.05) is 53.5 Å². The van der Waals surface area contributed by atoms with Gasteiger partial charge in [-0.15, -0.1) is 11.8 Å². The smallest absolute Gasteiger partial charge is 0.336 e. The molecule has 0 bridgehead atoms. The lowest BCUT2D eigenvalue weighted by Crippen LogP contribution is -2.19. The molecule has 0 aliphatic heterocycles. The molecule has 4 aromatic rings. The zero-order chi connectivity index (χ0) is 28.8. The second kappa shape index (κ2) is 12.7. The van der Waals surface area contributed by atoms with Crippen molar-refractivity contribution in [1.29, 1.82) is 0 Å². The molecule has 2 amide bonds. The maximum Gasteiger partial charge on any atom is 0.336 e. The molecule has 0 heterocycles. The van der Waals surface area contributed by atoms with E-state index in [9.17, 15) is 24.3 Å². The van der Waals surface area contributed by atoms with E-state index in [2.05, 4.69) is 10.6 Å². The van der Waals surface area contributed by atoms with Crippen LogP contribution in [0.25, 0.3) is 0 Å². The Morgan fingerprint density at radius 2 is 1.43 bits per heavy atom. The fourth-order valence-corrected chi connectivity index (χ4v) is 5.06. The van der Waals surface area contributed by atoms with E-state index in [-0.39, 0.29) is 17.0 Å². The molecule has 8 nitrogen and oxygen atoms in total. The standard InChI is InChI=1S/C29H20Cl2N2O6S/c30-18-7-13-23(31)24(15-18)33-27(35)25(16-4-2-1-3-5-16)40-20-10-8-19(9-11-20)32-26(34)21-12-6-17(28(36)37)14-22(21)29(38)39/h1-15,25H,(H,32,34)(H,33,35)(H,36,37)(H,38,39). The number of aromatic carboxylic acids is 2. The van der Waals surface area contributed by atoms with Crippen LogP contribution in [0.5, 0.6) is 0 Å². The quantitative estimate of drug-likeness (QED) is 0.152. The van der Waals surface area contributed by atoms with Crippen molar-refractivity contribution in [3.63, 3.8) is 0 Å². The van der Waals surface area contributed by atoms with Gasteiger partial charge in [-0.2, -0.15) is 0 Å². The number of carbonyl (C=O) groups is 4. The molecule has 0 saturated carbocycles. The second-order valence-corrected chi connectivity index (χ2v) is 10.4. The first kappa shape index (κ1) is 28.7. The summed E-state index contributed by atoms with van der Waals surface area (Å²) in [4.78, 5) is 49.6. The molecule has 4 aromatic carbocycles. The van der Waals surface area contributed by atoms with Gasteiger partial charge in [0.15, 0.2) is 0 Å². The molecular weight excluding hydrogens is 575 g/mol. The Bertz CT molecular complexity index is 1600. The number of anilines is 2. The Hall–Kier alpha value is -4.31. The van der Waals surface area contributed by atoms with Gasteiger partial charge in [-0.25, -0.2) is 9.59 Å². The van der Waals surface area contributed by atoms with E-state index in [1.54, 1.807) is 42.5 Å². The third-order valence-electron chi connectivity index (χ3n) is 5.63. The SMILES string of the molecule is O=C(O)c1ccc(C(=O)Nc2ccc(SC(C(=O)Nc3cc(Cl)ccc3Cl)c3ccccc3)cc2)c(C(=O)O)c1. The van der Waals surface area contributed by atoms with Crippen LogP contribution in [0.3, 0.4) is 0 Å². The molecule has 0 spiro atoms. The molecule has 1 atom stereocenters. The van der Waals surface area contributed by atoms with E-state index in [0.717, 1.165) is 28.7 Å². The number of halogens is 2. The Balaban J connectivity index is 1.52. The predicted molar refractivity (Wildman–Crippen MR) is 155 cm³/mol. The van der Waals surface area contributed by atoms with Crippen molar-refractivity contribution >= 4 is 70.1 Å². The maximum absolute atomic E-state index is 13.3. The molecule has 0 aliphatic carbocycles. The van der Waals surface area contributed by atoms with Crippen LogP contribution in [0.1, 0.15) is 41.9 Å². The molecule has 11 heteroatoms. The van der Waals surface area contributed by atoms with E-state index in [0.29, 0.717) is 21.4 Å². The minimum Gasteiger partial charge on any atom is -0.478 e. The van der Waals surface area contributed by atoms with Crippen LogP contribution < -0.4 is 10.6 Å². The first-order chi connectivity index (χ1) is 19.1. The minimum atomic E-state index is -1.43. The van der Waals surface area contributed by atoms with Crippen LogP contribution in [0.15, 0.2) is 95.9 Å². The molecule has 202 valence electrons. The summed E-state index contributed by atoms with van der Waals surface area (Å²) < 4.78 is 0. The number of carboxylic acid groups (broad SMARTS) is 2. The Morgan fingerprint density at radius 1 is 0.725 bits per heavy atom. The Morgan fingerprint density at radius 3 is 2.08 bits per heavy atom. The lowest BCUT2D eigenvalue weighted by atomic mass is 10.0. The van der Waals surface area contributed by atoms with Crippen LogP contribution >= 0.6 is 35.0 Å². The molecule has 0 aliphatic rings. The summed E-state index contributed by atoms with van der Waals surface area (Å²) in [6.45, 7) is 0. The highest BCUT2D eigenvalue weighted by atomic mass is 35.5. The summed E-state index contributed by atoms with van der Waals surface area (Å²) in [6.07, 6.45) is 0. The van der Waals surface area contributed by atoms with Crippen LogP contribution in [0.4, 0.5) is 11.4 Å². The Kier molecular flexibility index (Phi) is 9.11. The highest BCUT2D eigenvalue weighted by molar-refractivity contribution is 8.00. The van der Waals surface area contributed by atoms with Gasteiger partial charge in [0, 0.05) is 15.6 Å². The normalized spacial score (nSPS) is 11.3. The topological polar surface area (TPSA) is 133 Å². The number of rotatable bonds is 9. The minimum absolute atomic E-state index is 0.184. The van der Waals surface area contributed by atoms with Crippen molar-refractivity contribution < 1.29 is 29.4 Å². The second-order valence-electron chi connectivity index (χ2n) is 8.37. The first-order valence-electron chi connectivity index (χ1n) is 11.6. The summed E-state index contributed by atoms with van der Waals surface area (Å²) in [6, 6.07) is 23.8. The molecule has 0 radical (unpaired) electrons. The number of nitrogens with one attached hydrogen (secondary N) is 2. The van der Waals surface area contributed by atoms with Gasteiger partial charge in [0.25, 0.3) is 5.91 Å². The molecule has 4 rings (SSSR count). The fourth-order valence-electron chi connectivity index (χ4n) is 3.70. The maximum atomic E-state index is 13.3. The number of hydrogen-bond acceptors (Lipinski definition) is 5. The van der Waals surface area contributed by atoms with Gasteiger partial charge in [-0.3, -0.25) is 9.59 Å². The van der Waals surface area contributed by atoms with Gasteiger partial charge in [0.05, 0.1) is 27.4 Å². The molecule has 0 fully saturated rings. The van der Waals surface area contributed by atoms with E-state index >= 15 is 0 Å². The number of thioether (sulfide) groups is 1. The first-order valence-corrected chi connectivity index (χ1v) is 13.3. The van der Waals surface area contributed by atoms with E-state index < -0.39 is 28.7 Å². The highest BCUT2D eigenvalue weighted by Gasteiger charge is 2.23. The monoisotopic (exact) mass is 594 g/mol. The van der Waals surface area contributed by atoms with Gasteiger partial charge >= 0.3 is 11.9 Å². The third-order valence-corrected chi connectivity index (χ3v) is 7.47. The van der Waals surface area contributed by atoms with Crippen LogP contribution in [0.2, 0.25) is 10.0 Å². The largest absolute Gasteiger partial charge is 0.478 e. The van der Waals surface area contributed by atoms with E-state index in [1.807, 2.05) is 30.3 Å². The van der Waals surface area contributed by atoms with Crippen molar-refractivity contribution in [2.24, 2.45) is 0 Å². The summed E-state index contributed by atoms with van der Waals surface area (Å²) in [5.74, 6) is -3.76. The Labute approximate surface area is 242 Å². The van der Waals surface area contributed by atoms with Crippen molar-refractivity contribution in [2.45, 2.75) is 10.1 Å². The van der Waals surface area contributed by atoms with Crippen molar-refractivity contribution in [2.75, 3.05) is 10.6 Å². The van der Waals surface area contributed by atoms with Crippen LogP contribution in [-0.4, -0.2) is 34.0 Å². The lowest BCUT2D eigenvalue weighted by molar-refractivity contribution is -0.115. The summed E-state index contributed by atoms with van der Waals surface area (Å²) in [7, 11) is 0. The average Bonchev–Trinajstić information content (AvgIpc) is 2.94. The van der Waals surface area contributed by atoms with E-state index in [4.69, 9.17) is 28.3 Å². The molecule has 0 aromatic heterocycles. The number of benzene rings is 4. The predicted octanol–water partition coefficient (Wildman–Crippen LogP) is 7.11. The van der Waals surface area contributed by atoms with Crippen molar-refractivity contribution in [3.05, 3.63) is 123 Å². The van der Waals surface area contributed by atoms with Gasteiger partial charge in [0.1, 0.15) is 5.25 Å². The van der Waals surface area contributed by atoms with Crippen LogP contribution in [0, 0.1) is 0 Å². The summed E-state index contributed by atoms with van der Waals surface area (Å²) >= 11 is 13.6. The van der Waals surface area contributed by atoms with Crippen molar-refractivity contribution in [1.82, 2.24) is 0 Å². The zero-order valence-corrected chi connectivity index (χ0v) is 22.8. The molecule has 0 saturated heterocycles. The van der Waals surface area contributed by atoms with Gasteiger partial charge < -0.3 is 20.8 Å². The average molecular weight is 595 g/mol. The molecule has 40 heavy (non-hydrogen) atoms. The van der Waals surface area contributed by atoms with Crippen molar-refractivity contribution in [3.8, 4) is 0 Å². The number of hydrogen-bond donors (Lipinski definition) is 4. The lowest BCUT2D eigenvalue weighted by Gasteiger charge is -2.18. The molecule has 4 N–H and O–H groups in total. The third kappa shape index (κ3) is 7.01. The zero-order valence-electron chi connectivity index (χ0n) is 20.4. The van der Waals surface area contributed by atoms with Gasteiger partial charge in [-0.05, 0) is 66.2 Å².